The average molecular weight is 433 g/mol. The number of H-pyrrole nitrogens is 1. The van der Waals surface area contributed by atoms with Crippen molar-refractivity contribution in [2.75, 3.05) is 13.2 Å². The largest absolute Gasteiger partial charge is 0.463 e. The third kappa shape index (κ3) is 4.49. The van der Waals surface area contributed by atoms with E-state index in [0.29, 0.717) is 5.56 Å². The standard InChI is InChI=1S/C24H23N3O5/c1-2-31-23(29)21-19(26-24(30)27-22(21)15-8-4-3-5-9-15)14-32-20(28)12-16-13-25-18-11-7-6-10-17(16)18/h3-11,13,22,25H,2,12,14H2,1H3,(H2,26,27,30)/t22-/m0/s1. The fraction of sp³-hybridized carbons (Fsp3) is 0.208. The van der Waals surface area contributed by atoms with E-state index in [0.717, 1.165) is 16.5 Å². The predicted octanol–water partition coefficient (Wildman–Crippen LogP) is 3.12. The van der Waals surface area contributed by atoms with E-state index in [1.807, 2.05) is 42.5 Å². The minimum atomic E-state index is -0.716. The van der Waals surface area contributed by atoms with Crippen LogP contribution in [0, 0.1) is 0 Å². The third-order valence-corrected chi connectivity index (χ3v) is 5.17. The van der Waals surface area contributed by atoms with Crippen LogP contribution in [0.5, 0.6) is 0 Å². The molecule has 4 rings (SSSR count). The molecule has 8 nitrogen and oxygen atoms in total. The SMILES string of the molecule is CCOC(=O)C1=C(COC(=O)Cc2c[nH]c3ccccc23)NC(=O)N[C@H]1c1ccccc1. The molecule has 1 atom stereocenters. The van der Waals surface area contributed by atoms with Crippen LogP contribution in [0.1, 0.15) is 24.1 Å². The summed E-state index contributed by atoms with van der Waals surface area (Å²) in [6, 6.07) is 15.5. The number of nitrogens with one attached hydrogen (secondary N) is 3. The van der Waals surface area contributed by atoms with E-state index < -0.39 is 24.0 Å². The van der Waals surface area contributed by atoms with E-state index in [-0.39, 0.29) is 30.9 Å². The van der Waals surface area contributed by atoms with Gasteiger partial charge in [-0.05, 0) is 24.1 Å². The summed E-state index contributed by atoms with van der Waals surface area (Å²) >= 11 is 0. The first-order valence-corrected chi connectivity index (χ1v) is 10.3. The molecule has 1 aliphatic rings. The van der Waals surface area contributed by atoms with Gasteiger partial charge in [0.05, 0.1) is 30.3 Å². The summed E-state index contributed by atoms with van der Waals surface area (Å²) < 4.78 is 10.6. The molecule has 2 amide bonds. The number of esters is 2. The molecule has 164 valence electrons. The minimum Gasteiger partial charge on any atom is -0.463 e. The Balaban J connectivity index is 1.56. The van der Waals surface area contributed by atoms with Crippen molar-refractivity contribution in [1.29, 1.82) is 0 Å². The molecular formula is C24H23N3O5. The van der Waals surface area contributed by atoms with Gasteiger partial charge >= 0.3 is 18.0 Å². The second kappa shape index (κ2) is 9.38. The van der Waals surface area contributed by atoms with Crippen molar-refractivity contribution in [3.63, 3.8) is 0 Å². The molecule has 0 aliphatic carbocycles. The maximum Gasteiger partial charge on any atom is 0.338 e. The molecule has 0 spiro atoms. The van der Waals surface area contributed by atoms with Crippen molar-refractivity contribution in [2.45, 2.75) is 19.4 Å². The zero-order valence-corrected chi connectivity index (χ0v) is 17.5. The van der Waals surface area contributed by atoms with Gasteiger partial charge in [0.25, 0.3) is 0 Å². The second-order valence-electron chi connectivity index (χ2n) is 7.25. The molecule has 0 saturated heterocycles. The highest BCUT2D eigenvalue weighted by Gasteiger charge is 2.34. The second-order valence-corrected chi connectivity index (χ2v) is 7.25. The molecule has 0 fully saturated rings. The van der Waals surface area contributed by atoms with E-state index in [1.54, 1.807) is 25.3 Å². The number of carbonyl (C=O) groups excluding carboxylic acids is 3. The van der Waals surface area contributed by atoms with E-state index in [4.69, 9.17) is 9.47 Å². The number of rotatable bonds is 7. The van der Waals surface area contributed by atoms with Gasteiger partial charge in [0.15, 0.2) is 0 Å². The summed E-state index contributed by atoms with van der Waals surface area (Å²) in [7, 11) is 0. The van der Waals surface area contributed by atoms with Crippen LogP contribution >= 0.6 is 0 Å². The number of amides is 2. The number of benzene rings is 2. The number of aromatic nitrogens is 1. The minimum absolute atomic E-state index is 0.0559. The summed E-state index contributed by atoms with van der Waals surface area (Å²) in [6.45, 7) is 1.61. The maximum atomic E-state index is 12.7. The summed E-state index contributed by atoms with van der Waals surface area (Å²) in [4.78, 5) is 40.7. The molecule has 2 heterocycles. The van der Waals surface area contributed by atoms with E-state index in [1.165, 1.54) is 0 Å². The van der Waals surface area contributed by atoms with Crippen molar-refractivity contribution in [3.05, 3.63) is 83.2 Å². The first-order chi connectivity index (χ1) is 15.6. The number of aromatic amines is 1. The first-order valence-electron chi connectivity index (χ1n) is 10.3. The van der Waals surface area contributed by atoms with E-state index >= 15 is 0 Å². The van der Waals surface area contributed by atoms with Gasteiger partial charge in [0.1, 0.15) is 6.61 Å². The van der Waals surface area contributed by atoms with Crippen LogP contribution < -0.4 is 10.6 Å². The highest BCUT2D eigenvalue weighted by atomic mass is 16.5. The Hall–Kier alpha value is -4.07. The molecule has 0 saturated carbocycles. The van der Waals surface area contributed by atoms with Crippen molar-refractivity contribution in [2.24, 2.45) is 0 Å². The number of hydrogen-bond donors (Lipinski definition) is 3. The normalized spacial score (nSPS) is 15.8. The number of carbonyl (C=O) groups is 3. The van der Waals surface area contributed by atoms with Crippen LogP contribution in [0.3, 0.4) is 0 Å². The average Bonchev–Trinajstić information content (AvgIpc) is 3.20. The number of para-hydroxylation sites is 1. The molecule has 3 aromatic rings. The lowest BCUT2D eigenvalue weighted by molar-refractivity contribution is -0.143. The first kappa shape index (κ1) is 21.2. The molecule has 1 aliphatic heterocycles. The Kier molecular flexibility index (Phi) is 6.21. The van der Waals surface area contributed by atoms with Gasteiger partial charge in [0.2, 0.25) is 0 Å². The Morgan fingerprint density at radius 3 is 2.53 bits per heavy atom. The summed E-state index contributed by atoms with van der Waals surface area (Å²) in [5, 5.41) is 6.28. The Labute approximate surface area is 184 Å². The molecule has 1 aromatic heterocycles. The number of hydrogen-bond acceptors (Lipinski definition) is 5. The van der Waals surface area contributed by atoms with Crippen molar-refractivity contribution in [3.8, 4) is 0 Å². The molecular weight excluding hydrogens is 410 g/mol. The molecule has 0 unspecified atom stereocenters. The fourth-order valence-corrected chi connectivity index (χ4v) is 3.71. The molecule has 0 radical (unpaired) electrons. The molecule has 3 N–H and O–H groups in total. The highest BCUT2D eigenvalue weighted by Crippen LogP contribution is 2.28. The molecule has 2 aromatic carbocycles. The topological polar surface area (TPSA) is 110 Å². The van der Waals surface area contributed by atoms with Crippen LogP contribution in [0.4, 0.5) is 4.79 Å². The van der Waals surface area contributed by atoms with Crippen molar-refractivity contribution in [1.82, 2.24) is 15.6 Å². The Bertz CT molecular complexity index is 1180. The molecule has 0 bridgehead atoms. The Morgan fingerprint density at radius 1 is 1.00 bits per heavy atom. The van der Waals surface area contributed by atoms with Crippen LogP contribution in [0.2, 0.25) is 0 Å². The van der Waals surface area contributed by atoms with Crippen molar-refractivity contribution >= 4 is 28.9 Å². The monoisotopic (exact) mass is 433 g/mol. The number of fused-ring (bicyclic) bond motifs is 1. The zero-order valence-electron chi connectivity index (χ0n) is 17.5. The van der Waals surface area contributed by atoms with Gasteiger partial charge in [-0.2, -0.15) is 0 Å². The van der Waals surface area contributed by atoms with Crippen LogP contribution in [0.25, 0.3) is 10.9 Å². The lowest BCUT2D eigenvalue weighted by atomic mass is 9.95. The van der Waals surface area contributed by atoms with Crippen LogP contribution in [-0.4, -0.2) is 36.2 Å². The fourth-order valence-electron chi connectivity index (χ4n) is 3.71. The third-order valence-electron chi connectivity index (χ3n) is 5.17. The molecule has 8 heteroatoms. The highest BCUT2D eigenvalue weighted by molar-refractivity contribution is 5.95. The Morgan fingerprint density at radius 2 is 1.75 bits per heavy atom. The maximum absolute atomic E-state index is 12.7. The van der Waals surface area contributed by atoms with Gasteiger partial charge in [-0.15, -0.1) is 0 Å². The predicted molar refractivity (Wildman–Crippen MR) is 117 cm³/mol. The van der Waals surface area contributed by atoms with Crippen LogP contribution in [0.15, 0.2) is 72.1 Å². The van der Waals surface area contributed by atoms with Gasteiger partial charge < -0.3 is 25.1 Å². The zero-order chi connectivity index (χ0) is 22.5. The number of urea groups is 1. The summed E-state index contributed by atoms with van der Waals surface area (Å²) in [6.07, 6.45) is 1.83. The summed E-state index contributed by atoms with van der Waals surface area (Å²) in [5.41, 5.74) is 2.86. The van der Waals surface area contributed by atoms with Gasteiger partial charge in [-0.3, -0.25) is 4.79 Å². The smallest absolute Gasteiger partial charge is 0.338 e. The lowest BCUT2D eigenvalue weighted by Gasteiger charge is -2.29. The van der Waals surface area contributed by atoms with Gasteiger partial charge in [0, 0.05) is 17.1 Å². The summed E-state index contributed by atoms with van der Waals surface area (Å²) in [5.74, 6) is -1.06. The van der Waals surface area contributed by atoms with E-state index in [2.05, 4.69) is 15.6 Å². The van der Waals surface area contributed by atoms with Gasteiger partial charge in [-0.1, -0.05) is 48.5 Å². The molecule has 32 heavy (non-hydrogen) atoms. The van der Waals surface area contributed by atoms with Gasteiger partial charge in [-0.25, -0.2) is 9.59 Å². The van der Waals surface area contributed by atoms with Crippen molar-refractivity contribution < 1.29 is 23.9 Å². The number of ether oxygens (including phenoxy) is 2. The van der Waals surface area contributed by atoms with Crippen LogP contribution in [-0.2, 0) is 25.5 Å². The lowest BCUT2D eigenvalue weighted by Crippen LogP contribution is -2.47. The van der Waals surface area contributed by atoms with E-state index in [9.17, 15) is 14.4 Å². The quantitative estimate of drug-likeness (QED) is 0.496.